The van der Waals surface area contributed by atoms with Gasteiger partial charge in [0.15, 0.2) is 0 Å². The summed E-state index contributed by atoms with van der Waals surface area (Å²) in [4.78, 5) is 8.00. The summed E-state index contributed by atoms with van der Waals surface area (Å²) < 4.78 is 9.09. The molecule has 0 aromatic heterocycles. The molecule has 0 aliphatic carbocycles. The highest BCUT2D eigenvalue weighted by Gasteiger charge is 1.67. The largest absolute Gasteiger partial charge is 0.444 e. The van der Waals surface area contributed by atoms with E-state index in [9.17, 15) is 0 Å². The van der Waals surface area contributed by atoms with Gasteiger partial charge in [-0.15, -0.1) is 5.34 Å². The lowest BCUT2D eigenvalue weighted by Crippen LogP contribution is -1.41. The summed E-state index contributed by atoms with van der Waals surface area (Å²) in [7, 11) is 7.36. The highest BCUT2D eigenvalue weighted by atomic mass is 36.0. The van der Waals surface area contributed by atoms with Crippen LogP contribution >= 0.6 is 21.4 Å². The number of nitrogens with zero attached hydrogens (tertiary/aromatic N) is 1. The van der Waals surface area contributed by atoms with Crippen molar-refractivity contribution in [1.82, 2.24) is 0 Å². The molecule has 0 aliphatic rings. The van der Waals surface area contributed by atoms with Crippen molar-refractivity contribution in [2.75, 3.05) is 0 Å². The molecule has 0 saturated carbocycles. The van der Waals surface area contributed by atoms with Crippen molar-refractivity contribution >= 4 is 30.6 Å². The first kappa shape index (κ1) is 10.2. The van der Waals surface area contributed by atoms with Crippen molar-refractivity contribution in [2.24, 2.45) is 5.34 Å². The summed E-state index contributed by atoms with van der Waals surface area (Å²) in [5, 5.41) is 9.00. The van der Waals surface area contributed by atoms with E-state index >= 15 is 0 Å². The number of halogens is 2. The third-order valence-electron chi connectivity index (χ3n) is 0. The van der Waals surface area contributed by atoms with Crippen LogP contribution in [0.2, 0.25) is 0 Å². The van der Waals surface area contributed by atoms with E-state index in [2.05, 4.69) is 21.4 Å². The Morgan fingerprint density at radius 2 is 1.57 bits per heavy atom. The summed E-state index contributed by atoms with van der Waals surface area (Å²) in [5.74, 6) is 0. The van der Waals surface area contributed by atoms with Crippen LogP contribution in [-0.2, 0) is 9.23 Å². The molecular formula is Cl2NO3S-. The Balaban J connectivity index is 0. The van der Waals surface area contributed by atoms with Gasteiger partial charge in [-0.05, 0) is 0 Å². The van der Waals surface area contributed by atoms with Crippen LogP contribution in [0.1, 0.15) is 0 Å². The van der Waals surface area contributed by atoms with Crippen LogP contribution in [-0.4, -0.2) is 4.21 Å². The zero-order valence-electron chi connectivity index (χ0n) is 2.84. The highest BCUT2D eigenvalue weighted by Crippen LogP contribution is 1.89. The second-order valence-electron chi connectivity index (χ2n) is 0.259. The molecule has 0 spiro atoms. The van der Waals surface area contributed by atoms with Gasteiger partial charge in [0.1, 0.15) is 0 Å². The van der Waals surface area contributed by atoms with Gasteiger partial charge >= 0.3 is 0 Å². The van der Waals surface area contributed by atoms with E-state index in [0.29, 0.717) is 0 Å². The minimum atomic E-state index is -1.67. The zero-order valence-corrected chi connectivity index (χ0v) is 5.16. The first-order valence-electron chi connectivity index (χ1n) is 0.840. The maximum Gasteiger partial charge on any atom is 0.211 e. The number of hydrogen-bond acceptors (Lipinski definition) is 4. The molecule has 0 aliphatic heterocycles. The minimum absolute atomic E-state index is 1.00. The first-order valence-corrected chi connectivity index (χ1v) is 3.64. The fourth-order valence-electron chi connectivity index (χ4n) is 0. The first-order chi connectivity index (χ1) is 3.15. The SMILES string of the molecule is O=N[O-].O=S(Cl)Cl. The van der Waals surface area contributed by atoms with E-state index in [1.807, 2.05) is 0 Å². The maximum atomic E-state index is 9.09. The lowest BCUT2D eigenvalue weighted by atomic mass is 13.4. The molecule has 4 nitrogen and oxygen atoms in total. The topological polar surface area (TPSA) is 69.6 Å². The lowest BCUT2D eigenvalue weighted by Gasteiger charge is -1.51. The number of rotatable bonds is 0. The van der Waals surface area contributed by atoms with Crippen LogP contribution in [0.15, 0.2) is 5.34 Å². The van der Waals surface area contributed by atoms with E-state index in [4.69, 9.17) is 14.3 Å². The lowest BCUT2D eigenvalue weighted by molar-refractivity contribution is 0.698. The summed E-state index contributed by atoms with van der Waals surface area (Å²) >= 11 is 0. The average molecular weight is 165 g/mol. The van der Waals surface area contributed by atoms with Crippen LogP contribution in [0.3, 0.4) is 0 Å². The molecule has 0 rings (SSSR count). The Bertz CT molecular complexity index is 60.0. The van der Waals surface area contributed by atoms with E-state index in [1.165, 1.54) is 0 Å². The molecule has 0 heterocycles. The van der Waals surface area contributed by atoms with Crippen molar-refractivity contribution < 1.29 is 4.21 Å². The van der Waals surface area contributed by atoms with Crippen LogP contribution in [0.25, 0.3) is 0 Å². The molecule has 0 N–H and O–H groups in total. The maximum absolute atomic E-state index is 9.09. The van der Waals surface area contributed by atoms with Gasteiger partial charge in [0, 0.05) is 21.4 Å². The van der Waals surface area contributed by atoms with Crippen LogP contribution in [0, 0.1) is 10.1 Å². The zero-order chi connectivity index (χ0) is 6.28. The van der Waals surface area contributed by atoms with Crippen molar-refractivity contribution in [1.29, 1.82) is 0 Å². The van der Waals surface area contributed by atoms with Crippen molar-refractivity contribution in [2.45, 2.75) is 0 Å². The standard InChI is InChI=1S/Cl2OS.HNO2/c1-4(2)3;2-1-3/h;(H,2,3)/p-1. The van der Waals surface area contributed by atoms with E-state index < -0.39 is 9.23 Å². The fourth-order valence-corrected chi connectivity index (χ4v) is 0. The average Bonchev–Trinajstić information content (AvgIpc) is 1.33. The van der Waals surface area contributed by atoms with Crippen molar-refractivity contribution in [3.63, 3.8) is 0 Å². The molecule has 0 aromatic carbocycles. The predicted octanol–water partition coefficient (Wildman–Crippen LogP) is 1.29. The van der Waals surface area contributed by atoms with Crippen LogP contribution in [0.4, 0.5) is 0 Å². The molecule has 0 atom stereocenters. The quantitative estimate of drug-likeness (QED) is 0.308. The van der Waals surface area contributed by atoms with Gasteiger partial charge in [-0.25, -0.2) is 4.21 Å². The van der Waals surface area contributed by atoms with Gasteiger partial charge in [-0.3, -0.25) is 0 Å². The minimum Gasteiger partial charge on any atom is -0.444 e. The second-order valence-corrected chi connectivity index (χ2v) is 2.78. The molecule has 7 heteroatoms. The third kappa shape index (κ3) is 6190. The monoisotopic (exact) mass is 164 g/mol. The predicted molar refractivity (Wildman–Crippen MR) is 29.0 cm³/mol. The summed E-state index contributed by atoms with van der Waals surface area (Å²) in [6.45, 7) is 0. The molecule has 0 fully saturated rings. The summed E-state index contributed by atoms with van der Waals surface area (Å²) in [5.41, 5.74) is 0. The van der Waals surface area contributed by atoms with Crippen molar-refractivity contribution in [3.8, 4) is 0 Å². The Hall–Kier alpha value is 0.130. The van der Waals surface area contributed by atoms with Gasteiger partial charge in [0.05, 0.1) is 0 Å². The number of hydrogen-bond donors (Lipinski definition) is 0. The Morgan fingerprint density at radius 3 is 1.57 bits per heavy atom. The molecule has 0 saturated heterocycles. The molecule has 0 amide bonds. The van der Waals surface area contributed by atoms with Crippen LogP contribution < -0.4 is 0 Å². The van der Waals surface area contributed by atoms with Gasteiger partial charge in [0.25, 0.3) is 0 Å². The Kier molecular flexibility index (Phi) is 13.8. The van der Waals surface area contributed by atoms with E-state index in [1.54, 1.807) is 0 Å². The molecule has 0 unspecified atom stereocenters. The van der Waals surface area contributed by atoms with Crippen LogP contribution in [0.5, 0.6) is 0 Å². The molecule has 7 heavy (non-hydrogen) atoms. The second kappa shape index (κ2) is 9.46. The van der Waals surface area contributed by atoms with E-state index in [-0.39, 0.29) is 0 Å². The van der Waals surface area contributed by atoms with E-state index in [0.717, 1.165) is 5.34 Å². The van der Waals surface area contributed by atoms with Crippen molar-refractivity contribution in [3.05, 3.63) is 10.1 Å². The molecule has 0 radical (unpaired) electrons. The molecule has 0 bridgehead atoms. The highest BCUT2D eigenvalue weighted by molar-refractivity contribution is 8.26. The van der Waals surface area contributed by atoms with Gasteiger partial charge < -0.3 is 10.1 Å². The smallest absolute Gasteiger partial charge is 0.211 e. The summed E-state index contributed by atoms with van der Waals surface area (Å²) in [6.07, 6.45) is 0. The van der Waals surface area contributed by atoms with Gasteiger partial charge in [-0.2, -0.15) is 0 Å². The van der Waals surface area contributed by atoms with Gasteiger partial charge in [0.2, 0.25) is 9.23 Å². The molecule has 44 valence electrons. The Morgan fingerprint density at radius 1 is 1.57 bits per heavy atom. The van der Waals surface area contributed by atoms with Gasteiger partial charge in [-0.1, -0.05) is 0 Å². The Labute approximate surface area is 50.8 Å². The molecule has 0 aromatic rings. The molecular weight excluding hydrogens is 165 g/mol. The fraction of sp³-hybridized carbons (Fsp3) is 0. The third-order valence-corrected chi connectivity index (χ3v) is 0. The normalized spacial score (nSPS) is 6.71. The summed E-state index contributed by atoms with van der Waals surface area (Å²) in [6, 6.07) is 0.